The molecule has 0 aliphatic heterocycles. The molecule has 0 aliphatic rings. The zero-order valence-electron chi connectivity index (χ0n) is 16.4. The number of ether oxygens (including phenoxy) is 2. The highest BCUT2D eigenvalue weighted by Crippen LogP contribution is 2.39. The van der Waals surface area contributed by atoms with Crippen molar-refractivity contribution in [2.45, 2.75) is 26.7 Å². The number of carbonyl (C=O) groups excluding carboxylic acids is 1. The average molecular weight is 384 g/mol. The Labute approximate surface area is 164 Å². The zero-order chi connectivity index (χ0) is 20.7. The van der Waals surface area contributed by atoms with Gasteiger partial charge >= 0.3 is 11.7 Å². The molecule has 0 spiro atoms. The number of nitrogens with one attached hydrogen (secondary N) is 1. The van der Waals surface area contributed by atoms with Gasteiger partial charge in [0.2, 0.25) is 5.75 Å². The van der Waals surface area contributed by atoms with E-state index >= 15 is 0 Å². The van der Waals surface area contributed by atoms with E-state index in [1.807, 2.05) is 38.1 Å². The molecule has 148 valence electrons. The SMILES string of the molecule is CNc1cccc(Oc2c(C)cc(/C=C/CCC(=O)OC)cc2C)c1[N+](=O)[O-]. The standard InChI is InChI=1S/C21H24N2O5/c1-14-12-16(8-5-6-11-19(24)27-4)13-15(2)21(14)28-18-10-7-9-17(22-3)20(18)23(25)26/h5,7-10,12-13,22H,6,11H2,1-4H3/b8-5+. The average Bonchev–Trinajstić information content (AvgIpc) is 2.67. The van der Waals surface area contributed by atoms with Gasteiger partial charge in [-0.2, -0.15) is 0 Å². The Hall–Kier alpha value is -3.35. The monoisotopic (exact) mass is 384 g/mol. The van der Waals surface area contributed by atoms with Gasteiger partial charge in [-0.1, -0.05) is 18.2 Å². The Balaban J connectivity index is 2.26. The lowest BCUT2D eigenvalue weighted by molar-refractivity contribution is -0.384. The molecule has 0 radical (unpaired) electrons. The molecule has 0 saturated heterocycles. The maximum Gasteiger partial charge on any atom is 0.334 e. The van der Waals surface area contributed by atoms with Crippen LogP contribution in [0.1, 0.15) is 29.5 Å². The summed E-state index contributed by atoms with van der Waals surface area (Å²) in [4.78, 5) is 22.2. The number of hydrogen-bond acceptors (Lipinski definition) is 6. The number of aryl methyl sites for hydroxylation is 2. The van der Waals surface area contributed by atoms with Crippen molar-refractivity contribution in [3.63, 3.8) is 0 Å². The molecule has 0 saturated carbocycles. The summed E-state index contributed by atoms with van der Waals surface area (Å²) >= 11 is 0. The zero-order valence-corrected chi connectivity index (χ0v) is 16.4. The summed E-state index contributed by atoms with van der Waals surface area (Å²) in [6.45, 7) is 3.78. The highest BCUT2D eigenvalue weighted by atomic mass is 16.6. The number of benzene rings is 2. The summed E-state index contributed by atoms with van der Waals surface area (Å²) in [5.74, 6) is 0.527. The summed E-state index contributed by atoms with van der Waals surface area (Å²) in [6.07, 6.45) is 4.76. The molecule has 0 fully saturated rings. The number of carbonyl (C=O) groups is 1. The first kappa shape index (κ1) is 21.0. The third-order valence-electron chi connectivity index (χ3n) is 4.20. The molecular weight excluding hydrogens is 360 g/mol. The normalized spacial score (nSPS) is 10.7. The third-order valence-corrected chi connectivity index (χ3v) is 4.20. The van der Waals surface area contributed by atoms with Crippen LogP contribution < -0.4 is 10.1 Å². The molecule has 0 bridgehead atoms. The molecule has 2 aromatic rings. The molecule has 0 unspecified atom stereocenters. The van der Waals surface area contributed by atoms with E-state index in [1.54, 1.807) is 25.2 Å². The van der Waals surface area contributed by atoms with Crippen molar-refractivity contribution in [3.05, 3.63) is 63.2 Å². The van der Waals surface area contributed by atoms with E-state index in [9.17, 15) is 14.9 Å². The van der Waals surface area contributed by atoms with Gasteiger partial charge in [0.05, 0.1) is 12.0 Å². The van der Waals surface area contributed by atoms with E-state index in [-0.39, 0.29) is 17.4 Å². The quantitative estimate of drug-likeness (QED) is 0.391. The number of rotatable bonds is 8. The summed E-state index contributed by atoms with van der Waals surface area (Å²) in [7, 11) is 3.00. The van der Waals surface area contributed by atoms with Crippen LogP contribution in [0.3, 0.4) is 0 Å². The fraction of sp³-hybridized carbons (Fsp3) is 0.286. The van der Waals surface area contributed by atoms with Gasteiger partial charge in [-0.05, 0) is 61.2 Å². The molecule has 28 heavy (non-hydrogen) atoms. The fourth-order valence-corrected chi connectivity index (χ4v) is 2.87. The number of anilines is 1. The minimum Gasteiger partial charge on any atom is -0.469 e. The van der Waals surface area contributed by atoms with Crippen LogP contribution >= 0.6 is 0 Å². The van der Waals surface area contributed by atoms with Crippen LogP contribution in [0.5, 0.6) is 11.5 Å². The van der Waals surface area contributed by atoms with Crippen molar-refractivity contribution in [2.24, 2.45) is 0 Å². The van der Waals surface area contributed by atoms with Gasteiger partial charge in [-0.25, -0.2) is 0 Å². The maximum atomic E-state index is 11.5. The first-order valence-corrected chi connectivity index (χ1v) is 8.85. The van der Waals surface area contributed by atoms with E-state index in [0.717, 1.165) is 16.7 Å². The molecule has 7 heteroatoms. The Morgan fingerprint density at radius 2 is 1.93 bits per heavy atom. The molecule has 2 rings (SSSR count). The molecule has 2 aromatic carbocycles. The molecule has 0 amide bonds. The number of hydrogen-bond donors (Lipinski definition) is 1. The molecule has 7 nitrogen and oxygen atoms in total. The lowest BCUT2D eigenvalue weighted by Gasteiger charge is -2.14. The topological polar surface area (TPSA) is 90.7 Å². The predicted molar refractivity (Wildman–Crippen MR) is 109 cm³/mol. The van der Waals surface area contributed by atoms with Crippen molar-refractivity contribution < 1.29 is 19.2 Å². The molecule has 0 aliphatic carbocycles. The highest BCUT2D eigenvalue weighted by molar-refractivity contribution is 5.70. The van der Waals surface area contributed by atoms with Crippen molar-refractivity contribution in [1.29, 1.82) is 0 Å². The van der Waals surface area contributed by atoms with Gasteiger partial charge in [-0.15, -0.1) is 0 Å². The number of allylic oxidation sites excluding steroid dienone is 1. The van der Waals surface area contributed by atoms with Gasteiger partial charge in [0, 0.05) is 13.5 Å². The lowest BCUT2D eigenvalue weighted by Crippen LogP contribution is -2.00. The van der Waals surface area contributed by atoms with Crippen LogP contribution in [0.4, 0.5) is 11.4 Å². The number of nitro benzene ring substituents is 1. The van der Waals surface area contributed by atoms with Crippen LogP contribution in [0.25, 0.3) is 6.08 Å². The molecule has 0 heterocycles. The van der Waals surface area contributed by atoms with Crippen molar-refractivity contribution in [3.8, 4) is 11.5 Å². The van der Waals surface area contributed by atoms with Crippen LogP contribution in [0.15, 0.2) is 36.4 Å². The van der Waals surface area contributed by atoms with Crippen LogP contribution in [0, 0.1) is 24.0 Å². The number of esters is 1. The maximum absolute atomic E-state index is 11.5. The second-order valence-corrected chi connectivity index (χ2v) is 6.26. The van der Waals surface area contributed by atoms with E-state index in [0.29, 0.717) is 24.3 Å². The molecule has 1 N–H and O–H groups in total. The van der Waals surface area contributed by atoms with Crippen LogP contribution in [0.2, 0.25) is 0 Å². The second kappa shape index (κ2) is 9.55. The summed E-state index contributed by atoms with van der Waals surface area (Å²) in [5.41, 5.74) is 2.97. The van der Waals surface area contributed by atoms with Gasteiger partial charge < -0.3 is 14.8 Å². The van der Waals surface area contributed by atoms with E-state index in [1.165, 1.54) is 7.11 Å². The molecule has 0 aromatic heterocycles. The summed E-state index contributed by atoms with van der Waals surface area (Å²) in [5, 5.41) is 14.3. The Bertz CT molecular complexity index is 883. The van der Waals surface area contributed by atoms with Crippen LogP contribution in [-0.2, 0) is 9.53 Å². The third kappa shape index (κ3) is 5.09. The summed E-state index contributed by atoms with van der Waals surface area (Å²) < 4.78 is 10.5. The van der Waals surface area contributed by atoms with E-state index in [4.69, 9.17) is 4.74 Å². The van der Waals surface area contributed by atoms with E-state index < -0.39 is 4.92 Å². The predicted octanol–water partition coefficient (Wildman–Crippen LogP) is 5.01. The van der Waals surface area contributed by atoms with Gasteiger partial charge in [0.25, 0.3) is 0 Å². The molecule has 0 atom stereocenters. The van der Waals surface area contributed by atoms with Gasteiger partial charge in [-0.3, -0.25) is 14.9 Å². The highest BCUT2D eigenvalue weighted by Gasteiger charge is 2.22. The lowest BCUT2D eigenvalue weighted by atomic mass is 10.0. The van der Waals surface area contributed by atoms with Crippen molar-refractivity contribution >= 4 is 23.4 Å². The first-order chi connectivity index (χ1) is 13.4. The fourth-order valence-electron chi connectivity index (χ4n) is 2.87. The minimum absolute atomic E-state index is 0.101. The van der Waals surface area contributed by atoms with Crippen LogP contribution in [-0.4, -0.2) is 25.1 Å². The first-order valence-electron chi connectivity index (χ1n) is 8.85. The molecular formula is C21H24N2O5. The van der Waals surface area contributed by atoms with Crippen molar-refractivity contribution in [1.82, 2.24) is 0 Å². The van der Waals surface area contributed by atoms with Gasteiger partial charge in [0.1, 0.15) is 11.4 Å². The Morgan fingerprint density at radius 1 is 1.25 bits per heavy atom. The minimum atomic E-state index is -0.454. The largest absolute Gasteiger partial charge is 0.469 e. The smallest absolute Gasteiger partial charge is 0.334 e. The summed E-state index contributed by atoms with van der Waals surface area (Å²) in [6, 6.07) is 8.79. The Kier molecular flexibility index (Phi) is 7.14. The number of methoxy groups -OCH3 is 1. The Morgan fingerprint density at radius 3 is 2.50 bits per heavy atom. The van der Waals surface area contributed by atoms with Gasteiger partial charge in [0.15, 0.2) is 0 Å². The van der Waals surface area contributed by atoms with Crippen molar-refractivity contribution in [2.75, 3.05) is 19.5 Å². The number of para-hydroxylation sites is 1. The second-order valence-electron chi connectivity index (χ2n) is 6.26. The number of nitrogens with zero attached hydrogens (tertiary/aromatic N) is 1. The number of nitro groups is 1. The van der Waals surface area contributed by atoms with E-state index in [2.05, 4.69) is 10.1 Å².